The van der Waals surface area contributed by atoms with E-state index in [1.807, 2.05) is 12.1 Å². The third-order valence-corrected chi connectivity index (χ3v) is 7.71. The Hall–Kier alpha value is -2.08. The van der Waals surface area contributed by atoms with Crippen molar-refractivity contribution in [2.24, 2.45) is 22.6 Å². The quantitative estimate of drug-likeness (QED) is 0.497. The van der Waals surface area contributed by atoms with Crippen LogP contribution in [0.15, 0.2) is 29.3 Å². The second kappa shape index (κ2) is 10.0. The maximum Gasteiger partial charge on any atom is 0.257 e. The minimum absolute atomic E-state index is 0.0933. The number of rotatable bonds is 8. The first-order chi connectivity index (χ1) is 15.1. The number of anilines is 1. The van der Waals surface area contributed by atoms with Crippen molar-refractivity contribution in [3.05, 3.63) is 29.8 Å². The molecule has 0 bridgehead atoms. The molecule has 3 aliphatic rings. The molecular weight excluding hydrogens is 388 g/mol. The number of carbonyl (C=O) groups is 1. The van der Waals surface area contributed by atoms with Crippen molar-refractivity contribution in [3.8, 4) is 0 Å². The van der Waals surface area contributed by atoms with Gasteiger partial charge in [-0.25, -0.2) is 4.99 Å². The summed E-state index contributed by atoms with van der Waals surface area (Å²) in [7, 11) is 0. The van der Waals surface area contributed by atoms with Crippen molar-refractivity contribution < 1.29 is 10.0 Å². The molecule has 1 heterocycles. The van der Waals surface area contributed by atoms with Gasteiger partial charge in [-0.2, -0.15) is 0 Å². The number of hydrogen-bond acceptors (Lipinski definition) is 5. The zero-order chi connectivity index (χ0) is 21.7. The van der Waals surface area contributed by atoms with Crippen LogP contribution in [0.4, 0.5) is 5.69 Å². The summed E-state index contributed by atoms with van der Waals surface area (Å²) in [4.78, 5) is 20.4. The minimum Gasteiger partial charge on any atom is -0.369 e. The summed E-state index contributed by atoms with van der Waals surface area (Å²) in [6, 6.07) is 7.40. The molecule has 0 aromatic heterocycles. The highest BCUT2D eigenvalue weighted by Gasteiger charge is 2.48. The van der Waals surface area contributed by atoms with E-state index >= 15 is 0 Å². The van der Waals surface area contributed by atoms with E-state index in [0.717, 1.165) is 30.7 Å². The molecule has 2 fully saturated rings. The van der Waals surface area contributed by atoms with Crippen LogP contribution in [-0.2, 0) is 11.3 Å². The van der Waals surface area contributed by atoms with Crippen LogP contribution in [-0.4, -0.2) is 27.5 Å². The van der Waals surface area contributed by atoms with Crippen LogP contribution in [0.2, 0.25) is 0 Å². The Bertz CT molecular complexity index is 766. The van der Waals surface area contributed by atoms with Crippen LogP contribution in [0.1, 0.15) is 89.0 Å². The summed E-state index contributed by atoms with van der Waals surface area (Å²) in [6.07, 6.45) is 15.6. The molecular formula is C25H38N4O2. The van der Waals surface area contributed by atoms with Crippen LogP contribution in [0, 0.1) is 11.8 Å². The molecule has 0 unspecified atom stereocenters. The number of amides is 1. The molecule has 1 amide bonds. The summed E-state index contributed by atoms with van der Waals surface area (Å²) in [5, 5.41) is 9.03. The second-order valence-corrected chi connectivity index (χ2v) is 9.95. The van der Waals surface area contributed by atoms with Gasteiger partial charge in [0.2, 0.25) is 0 Å². The van der Waals surface area contributed by atoms with Crippen molar-refractivity contribution in [2.75, 3.05) is 5.48 Å². The number of nitrogens with zero attached hydrogens (tertiary/aromatic N) is 2. The first kappa shape index (κ1) is 22.1. The summed E-state index contributed by atoms with van der Waals surface area (Å²) in [5.41, 5.74) is 9.44. The molecule has 31 heavy (non-hydrogen) atoms. The Kier molecular flexibility index (Phi) is 7.16. The van der Waals surface area contributed by atoms with Gasteiger partial charge in [-0.1, -0.05) is 76.3 Å². The fourth-order valence-electron chi connectivity index (χ4n) is 5.89. The second-order valence-electron chi connectivity index (χ2n) is 9.95. The average Bonchev–Trinajstić information content (AvgIpc) is 3.04. The minimum atomic E-state index is -0.671. The Balaban J connectivity index is 1.50. The molecule has 4 rings (SSSR count). The Morgan fingerprint density at radius 3 is 2.23 bits per heavy atom. The fourth-order valence-corrected chi connectivity index (χ4v) is 5.89. The molecule has 1 aromatic rings. The highest BCUT2D eigenvalue weighted by molar-refractivity contribution is 6.06. The highest BCUT2D eigenvalue weighted by Crippen LogP contribution is 2.41. The van der Waals surface area contributed by atoms with Crippen LogP contribution >= 0.6 is 0 Å². The maximum absolute atomic E-state index is 13.8. The topological polar surface area (TPSA) is 91.0 Å². The summed E-state index contributed by atoms with van der Waals surface area (Å²) in [6.45, 7) is 0.426. The van der Waals surface area contributed by atoms with Gasteiger partial charge < -0.3 is 5.73 Å². The van der Waals surface area contributed by atoms with E-state index < -0.39 is 5.54 Å². The zero-order valence-corrected chi connectivity index (χ0v) is 18.7. The molecule has 2 aliphatic carbocycles. The molecule has 0 saturated heterocycles. The van der Waals surface area contributed by atoms with E-state index in [1.165, 1.54) is 64.2 Å². The lowest BCUT2D eigenvalue weighted by atomic mass is 9.75. The number of nitrogens with two attached hydrogens (primary N) is 1. The standard InChI is InChI=1S/C25H38N4O2/c26-24-27-25(17-20-9-5-2-6-10-20,16-15-19-7-3-1-4-8-19)23(30)29(24)18-21-11-13-22(28-31)14-12-21/h11-14,19-20,28,31H,1-10,15-18H2,(H2,26,27)/t25-/m1/s1. The van der Waals surface area contributed by atoms with Crippen molar-refractivity contribution in [3.63, 3.8) is 0 Å². The lowest BCUT2D eigenvalue weighted by Crippen LogP contribution is -2.45. The summed E-state index contributed by atoms with van der Waals surface area (Å²) in [5.74, 6) is 1.77. The molecule has 4 N–H and O–H groups in total. The van der Waals surface area contributed by atoms with E-state index in [2.05, 4.69) is 5.48 Å². The van der Waals surface area contributed by atoms with Gasteiger partial charge in [0.1, 0.15) is 5.54 Å². The molecule has 0 spiro atoms. The van der Waals surface area contributed by atoms with Crippen molar-refractivity contribution in [1.29, 1.82) is 0 Å². The molecule has 1 aliphatic heterocycles. The van der Waals surface area contributed by atoms with Gasteiger partial charge in [0, 0.05) is 0 Å². The molecule has 170 valence electrons. The lowest BCUT2D eigenvalue weighted by molar-refractivity contribution is -0.132. The summed E-state index contributed by atoms with van der Waals surface area (Å²) >= 11 is 0. The largest absolute Gasteiger partial charge is 0.369 e. The predicted molar refractivity (Wildman–Crippen MR) is 124 cm³/mol. The van der Waals surface area contributed by atoms with Crippen molar-refractivity contribution in [1.82, 2.24) is 4.90 Å². The lowest BCUT2D eigenvalue weighted by Gasteiger charge is -2.33. The van der Waals surface area contributed by atoms with Crippen LogP contribution < -0.4 is 11.2 Å². The normalized spacial score (nSPS) is 25.6. The summed E-state index contributed by atoms with van der Waals surface area (Å²) < 4.78 is 0. The third-order valence-electron chi connectivity index (χ3n) is 7.71. The molecule has 1 atom stereocenters. The Labute approximate surface area is 186 Å². The van der Waals surface area contributed by atoms with Gasteiger partial charge >= 0.3 is 0 Å². The molecule has 6 nitrogen and oxygen atoms in total. The number of aliphatic imine (C=N–C) groups is 1. The van der Waals surface area contributed by atoms with Gasteiger partial charge in [0.05, 0.1) is 12.2 Å². The first-order valence-electron chi connectivity index (χ1n) is 12.3. The first-order valence-corrected chi connectivity index (χ1v) is 12.3. The number of benzene rings is 1. The average molecular weight is 427 g/mol. The Morgan fingerprint density at radius 1 is 1.00 bits per heavy atom. The van der Waals surface area contributed by atoms with Crippen LogP contribution in [0.3, 0.4) is 0 Å². The number of nitrogens with one attached hydrogen (secondary N) is 1. The van der Waals surface area contributed by atoms with Crippen LogP contribution in [0.5, 0.6) is 0 Å². The number of guanidine groups is 1. The van der Waals surface area contributed by atoms with E-state index in [1.54, 1.807) is 17.0 Å². The van der Waals surface area contributed by atoms with Crippen molar-refractivity contribution >= 4 is 17.6 Å². The third kappa shape index (κ3) is 5.22. The van der Waals surface area contributed by atoms with Crippen molar-refractivity contribution in [2.45, 2.75) is 95.6 Å². The van der Waals surface area contributed by atoms with Gasteiger partial charge in [0.25, 0.3) is 5.91 Å². The van der Waals surface area contributed by atoms with E-state index in [-0.39, 0.29) is 5.91 Å². The van der Waals surface area contributed by atoms with Crippen LogP contribution in [0.25, 0.3) is 0 Å². The van der Waals surface area contributed by atoms with Gasteiger partial charge in [0.15, 0.2) is 5.96 Å². The van der Waals surface area contributed by atoms with Gasteiger partial charge in [-0.05, 0) is 48.8 Å². The number of carbonyl (C=O) groups excluding carboxylic acids is 1. The van der Waals surface area contributed by atoms with Gasteiger partial charge in [-0.15, -0.1) is 0 Å². The highest BCUT2D eigenvalue weighted by atomic mass is 16.5. The predicted octanol–water partition coefficient (Wildman–Crippen LogP) is 5.21. The molecule has 1 aromatic carbocycles. The molecule has 0 radical (unpaired) electrons. The monoisotopic (exact) mass is 426 g/mol. The van der Waals surface area contributed by atoms with E-state index in [9.17, 15) is 4.79 Å². The maximum atomic E-state index is 13.8. The van der Waals surface area contributed by atoms with E-state index in [4.69, 9.17) is 15.9 Å². The number of hydrogen-bond donors (Lipinski definition) is 3. The Morgan fingerprint density at radius 2 is 1.61 bits per heavy atom. The smallest absolute Gasteiger partial charge is 0.257 e. The fraction of sp³-hybridized carbons (Fsp3) is 0.680. The molecule has 2 saturated carbocycles. The van der Waals surface area contributed by atoms with Gasteiger partial charge in [-0.3, -0.25) is 20.4 Å². The molecule has 6 heteroatoms. The van der Waals surface area contributed by atoms with E-state index in [0.29, 0.717) is 24.1 Å². The zero-order valence-electron chi connectivity index (χ0n) is 18.7. The SMILES string of the molecule is NC1=N[C@](CCC2CCCCC2)(CC2CCCCC2)C(=O)N1Cc1ccc(NO)cc1.